The molecule has 1 aromatic carbocycles. The molecule has 3 N–H and O–H groups in total. The predicted octanol–water partition coefficient (Wildman–Crippen LogP) is 3.48. The smallest absolute Gasteiger partial charge is 0.0222 e. The Morgan fingerprint density at radius 3 is 2.68 bits per heavy atom. The van der Waals surface area contributed by atoms with E-state index in [9.17, 15) is 0 Å². The summed E-state index contributed by atoms with van der Waals surface area (Å²) >= 11 is 0. The van der Waals surface area contributed by atoms with Gasteiger partial charge in [0.15, 0.2) is 0 Å². The predicted molar refractivity (Wildman–Crippen MR) is 82.3 cm³/mol. The maximum Gasteiger partial charge on any atom is 0.0222 e. The van der Waals surface area contributed by atoms with Gasteiger partial charge >= 0.3 is 0 Å². The first kappa shape index (κ1) is 14.5. The Balaban J connectivity index is 2.00. The third-order valence-electron chi connectivity index (χ3n) is 4.41. The molecule has 0 aromatic heterocycles. The Morgan fingerprint density at radius 2 is 2.00 bits per heavy atom. The van der Waals surface area contributed by atoms with Gasteiger partial charge in [-0.3, -0.25) is 0 Å². The molecule has 1 fully saturated rings. The van der Waals surface area contributed by atoms with Crippen molar-refractivity contribution < 1.29 is 0 Å². The normalized spacial score (nSPS) is 23.8. The van der Waals surface area contributed by atoms with Crippen LogP contribution in [0.2, 0.25) is 0 Å². The topological polar surface area (TPSA) is 38.0 Å². The minimum atomic E-state index is 0.335. The molecule has 0 spiro atoms. The zero-order chi connectivity index (χ0) is 13.8. The van der Waals surface area contributed by atoms with Gasteiger partial charge in [-0.2, -0.15) is 0 Å². The highest BCUT2D eigenvalue weighted by Crippen LogP contribution is 2.20. The van der Waals surface area contributed by atoms with Crippen LogP contribution in [0.15, 0.2) is 18.2 Å². The van der Waals surface area contributed by atoms with Gasteiger partial charge in [0.2, 0.25) is 0 Å². The van der Waals surface area contributed by atoms with Crippen molar-refractivity contribution in [2.45, 2.75) is 71.0 Å². The van der Waals surface area contributed by atoms with Gasteiger partial charge in [0.25, 0.3) is 0 Å². The van der Waals surface area contributed by atoms with Crippen LogP contribution < -0.4 is 11.1 Å². The van der Waals surface area contributed by atoms with E-state index in [1.54, 1.807) is 0 Å². The molecular weight excluding hydrogens is 232 g/mol. The Kier molecular flexibility index (Phi) is 5.00. The molecule has 19 heavy (non-hydrogen) atoms. The summed E-state index contributed by atoms with van der Waals surface area (Å²) in [4.78, 5) is 0. The van der Waals surface area contributed by atoms with Crippen molar-refractivity contribution in [3.8, 4) is 0 Å². The molecule has 0 radical (unpaired) electrons. The first-order valence-corrected chi connectivity index (χ1v) is 7.66. The second kappa shape index (κ2) is 6.53. The van der Waals surface area contributed by atoms with Gasteiger partial charge in [-0.05, 0) is 42.4 Å². The van der Waals surface area contributed by atoms with E-state index in [0.717, 1.165) is 6.54 Å². The zero-order valence-corrected chi connectivity index (χ0v) is 12.6. The first-order valence-electron chi connectivity index (χ1n) is 7.66. The van der Waals surface area contributed by atoms with Crippen molar-refractivity contribution >= 4 is 0 Å². The van der Waals surface area contributed by atoms with Crippen molar-refractivity contribution in [2.75, 3.05) is 0 Å². The molecule has 2 heteroatoms. The Labute approximate surface area is 117 Å². The highest BCUT2D eigenvalue weighted by atomic mass is 15.0. The quantitative estimate of drug-likeness (QED) is 0.870. The van der Waals surface area contributed by atoms with Crippen LogP contribution in [0.5, 0.6) is 0 Å². The lowest BCUT2D eigenvalue weighted by Crippen LogP contribution is -2.46. The van der Waals surface area contributed by atoms with Crippen LogP contribution in [0, 0.1) is 6.92 Å². The van der Waals surface area contributed by atoms with Crippen LogP contribution in [0.4, 0.5) is 0 Å². The van der Waals surface area contributed by atoms with Gasteiger partial charge in [-0.1, -0.05) is 44.9 Å². The highest BCUT2D eigenvalue weighted by molar-refractivity contribution is 5.32. The lowest BCUT2D eigenvalue weighted by atomic mass is 9.90. The summed E-state index contributed by atoms with van der Waals surface area (Å²) in [5.41, 5.74) is 10.4. The van der Waals surface area contributed by atoms with Crippen LogP contribution >= 0.6 is 0 Å². The molecule has 0 saturated heterocycles. The molecule has 1 saturated carbocycles. The number of nitrogens with two attached hydrogens (primary N) is 1. The highest BCUT2D eigenvalue weighted by Gasteiger charge is 2.21. The van der Waals surface area contributed by atoms with Crippen molar-refractivity contribution in [1.29, 1.82) is 0 Å². The fraction of sp³-hybridized carbons (Fsp3) is 0.647. The summed E-state index contributed by atoms with van der Waals surface area (Å²) in [6.07, 6.45) is 5.00. The number of rotatable bonds is 4. The Hall–Kier alpha value is -0.860. The van der Waals surface area contributed by atoms with Crippen LogP contribution in [0.25, 0.3) is 0 Å². The molecule has 0 heterocycles. The molecule has 0 aliphatic heterocycles. The van der Waals surface area contributed by atoms with Crippen molar-refractivity contribution in [3.63, 3.8) is 0 Å². The van der Waals surface area contributed by atoms with Crippen LogP contribution in [0.1, 0.15) is 62.1 Å². The summed E-state index contributed by atoms with van der Waals surface area (Å²) in [6, 6.07) is 7.67. The van der Waals surface area contributed by atoms with Crippen LogP contribution in [-0.2, 0) is 6.54 Å². The van der Waals surface area contributed by atoms with E-state index in [1.165, 1.54) is 42.4 Å². The minimum Gasteiger partial charge on any atom is -0.326 e. The van der Waals surface area contributed by atoms with Crippen molar-refractivity contribution in [2.24, 2.45) is 5.73 Å². The summed E-state index contributed by atoms with van der Waals surface area (Å²) in [5, 5.41) is 3.67. The SMILES string of the molecule is Cc1ccc(C(C)C)cc1CNC1CCCCC1N. The molecule has 2 nitrogen and oxygen atoms in total. The fourth-order valence-corrected chi connectivity index (χ4v) is 2.90. The lowest BCUT2D eigenvalue weighted by Gasteiger charge is -2.29. The number of hydrogen-bond acceptors (Lipinski definition) is 2. The van der Waals surface area contributed by atoms with E-state index in [0.29, 0.717) is 18.0 Å². The molecule has 106 valence electrons. The van der Waals surface area contributed by atoms with Crippen LogP contribution in [-0.4, -0.2) is 12.1 Å². The lowest BCUT2D eigenvalue weighted by molar-refractivity contribution is 0.326. The maximum atomic E-state index is 6.20. The van der Waals surface area contributed by atoms with Gasteiger partial charge in [0.1, 0.15) is 0 Å². The van der Waals surface area contributed by atoms with E-state index in [1.807, 2.05) is 0 Å². The van der Waals surface area contributed by atoms with Crippen molar-refractivity contribution in [3.05, 3.63) is 34.9 Å². The first-order chi connectivity index (χ1) is 9.08. The van der Waals surface area contributed by atoms with Gasteiger partial charge < -0.3 is 11.1 Å². The summed E-state index contributed by atoms with van der Waals surface area (Å²) < 4.78 is 0. The van der Waals surface area contributed by atoms with Crippen molar-refractivity contribution in [1.82, 2.24) is 5.32 Å². The van der Waals surface area contributed by atoms with Gasteiger partial charge in [0, 0.05) is 18.6 Å². The van der Waals surface area contributed by atoms with Gasteiger partial charge in [-0.25, -0.2) is 0 Å². The summed E-state index contributed by atoms with van der Waals surface area (Å²) in [5.74, 6) is 0.594. The van der Waals surface area contributed by atoms with E-state index < -0.39 is 0 Å². The number of nitrogens with one attached hydrogen (secondary N) is 1. The third kappa shape index (κ3) is 3.80. The number of benzene rings is 1. The fourth-order valence-electron chi connectivity index (χ4n) is 2.90. The molecule has 2 rings (SSSR count). The van der Waals surface area contributed by atoms with E-state index >= 15 is 0 Å². The molecule has 1 aromatic rings. The number of aryl methyl sites for hydroxylation is 1. The van der Waals surface area contributed by atoms with Gasteiger partial charge in [-0.15, -0.1) is 0 Å². The molecular formula is C17H28N2. The monoisotopic (exact) mass is 260 g/mol. The largest absolute Gasteiger partial charge is 0.326 e. The van der Waals surface area contributed by atoms with Gasteiger partial charge in [0.05, 0.1) is 0 Å². The minimum absolute atomic E-state index is 0.335. The second-order valence-corrected chi connectivity index (χ2v) is 6.28. The molecule has 2 atom stereocenters. The molecule has 1 aliphatic carbocycles. The molecule has 0 bridgehead atoms. The van der Waals surface area contributed by atoms with E-state index in [4.69, 9.17) is 5.73 Å². The van der Waals surface area contributed by atoms with E-state index in [2.05, 4.69) is 44.3 Å². The summed E-state index contributed by atoms with van der Waals surface area (Å²) in [6.45, 7) is 7.64. The Bertz CT molecular complexity index is 412. The van der Waals surface area contributed by atoms with Crippen LogP contribution in [0.3, 0.4) is 0 Å². The Morgan fingerprint density at radius 1 is 1.26 bits per heavy atom. The van der Waals surface area contributed by atoms with E-state index in [-0.39, 0.29) is 0 Å². The number of hydrogen-bond donors (Lipinski definition) is 2. The average molecular weight is 260 g/mol. The standard InChI is InChI=1S/C17H28N2/c1-12(2)14-9-8-13(3)15(10-14)11-19-17-7-5-4-6-16(17)18/h8-10,12,16-17,19H,4-7,11,18H2,1-3H3. The molecule has 0 amide bonds. The summed E-state index contributed by atoms with van der Waals surface area (Å²) in [7, 11) is 0. The third-order valence-corrected chi connectivity index (χ3v) is 4.41. The average Bonchev–Trinajstić information content (AvgIpc) is 2.39. The second-order valence-electron chi connectivity index (χ2n) is 6.28. The molecule has 2 unspecified atom stereocenters. The zero-order valence-electron chi connectivity index (χ0n) is 12.6. The maximum absolute atomic E-state index is 6.20. The molecule has 1 aliphatic rings.